The first kappa shape index (κ1) is 27.4. The number of nitrogen functional groups attached to an aromatic ring is 1. The molecule has 198 valence electrons. The summed E-state index contributed by atoms with van der Waals surface area (Å²) in [5.74, 6) is 0.959. The standard InChI is InChI=1S/C23H24N8O3.C2H4O2/c1-3-34-18-12-15(6-9-17(18)33-2)20(28-16-7-4-14(5-8-16)21(24)25)22-29-23(32)31(30-22)19-13-26-10-11-27-19;1-2(3)4/h4-13,20,28H,3H2,1-2H3,(H3,24,25)(H,29,30,32);1H3,(H,3,4). The molecule has 0 aliphatic heterocycles. The van der Waals surface area contributed by atoms with Gasteiger partial charge >= 0.3 is 5.69 Å². The number of hydrogen-bond donors (Lipinski definition) is 5. The van der Waals surface area contributed by atoms with Crippen LogP contribution in [0.5, 0.6) is 11.5 Å². The van der Waals surface area contributed by atoms with Gasteiger partial charge in [-0.3, -0.25) is 20.2 Å². The smallest absolute Gasteiger partial charge is 0.349 e. The molecule has 2 aromatic heterocycles. The lowest BCUT2D eigenvalue weighted by molar-refractivity contribution is -0.134. The Morgan fingerprint density at radius 3 is 2.50 bits per heavy atom. The number of carbonyl (C=O) groups is 1. The van der Waals surface area contributed by atoms with E-state index in [2.05, 4.69) is 25.4 Å². The second-order valence-electron chi connectivity index (χ2n) is 7.72. The van der Waals surface area contributed by atoms with Crippen LogP contribution >= 0.6 is 0 Å². The van der Waals surface area contributed by atoms with E-state index in [1.165, 1.54) is 18.6 Å². The highest BCUT2D eigenvalue weighted by molar-refractivity contribution is 5.95. The number of aromatic nitrogens is 5. The first-order valence-corrected chi connectivity index (χ1v) is 11.4. The van der Waals surface area contributed by atoms with Crippen molar-refractivity contribution in [3.8, 4) is 17.3 Å². The minimum absolute atomic E-state index is 0.0216. The molecule has 13 nitrogen and oxygen atoms in total. The molecule has 4 rings (SSSR count). The Kier molecular flexibility index (Phi) is 9.13. The van der Waals surface area contributed by atoms with E-state index in [0.29, 0.717) is 35.3 Å². The highest BCUT2D eigenvalue weighted by Gasteiger charge is 2.22. The number of anilines is 1. The zero-order chi connectivity index (χ0) is 27.7. The van der Waals surface area contributed by atoms with Crippen molar-refractivity contribution in [3.63, 3.8) is 0 Å². The van der Waals surface area contributed by atoms with Gasteiger partial charge in [0.2, 0.25) is 0 Å². The molecule has 0 saturated heterocycles. The van der Waals surface area contributed by atoms with Crippen molar-refractivity contribution in [1.29, 1.82) is 5.41 Å². The largest absolute Gasteiger partial charge is 0.493 e. The van der Waals surface area contributed by atoms with Crippen LogP contribution < -0.4 is 26.2 Å². The molecule has 1 atom stereocenters. The molecule has 2 heterocycles. The molecule has 0 aliphatic carbocycles. The third kappa shape index (κ3) is 6.94. The van der Waals surface area contributed by atoms with Crippen LogP contribution in [0.2, 0.25) is 0 Å². The molecule has 0 saturated carbocycles. The number of nitrogens with two attached hydrogens (primary N) is 1. The first-order valence-electron chi connectivity index (χ1n) is 11.4. The summed E-state index contributed by atoms with van der Waals surface area (Å²) in [5, 5.41) is 22.9. The molecule has 2 aromatic carbocycles. The number of ether oxygens (including phenoxy) is 2. The second kappa shape index (κ2) is 12.7. The van der Waals surface area contributed by atoms with Crippen LogP contribution in [0.15, 0.2) is 65.8 Å². The summed E-state index contributed by atoms with van der Waals surface area (Å²) in [4.78, 5) is 32.7. The molecule has 38 heavy (non-hydrogen) atoms. The molecule has 1 unspecified atom stereocenters. The predicted molar refractivity (Wildman–Crippen MR) is 140 cm³/mol. The van der Waals surface area contributed by atoms with Crippen molar-refractivity contribution < 1.29 is 19.4 Å². The fourth-order valence-corrected chi connectivity index (χ4v) is 3.39. The van der Waals surface area contributed by atoms with Crippen LogP contribution in [0.3, 0.4) is 0 Å². The topological polar surface area (TPSA) is 194 Å². The molecular formula is C25H28N8O5. The average molecular weight is 521 g/mol. The predicted octanol–water partition coefficient (Wildman–Crippen LogP) is 2.33. The molecule has 0 radical (unpaired) electrons. The zero-order valence-corrected chi connectivity index (χ0v) is 21.0. The van der Waals surface area contributed by atoms with Crippen LogP contribution in [0.4, 0.5) is 5.69 Å². The zero-order valence-electron chi connectivity index (χ0n) is 21.0. The number of H-pyrrole nitrogens is 1. The van der Waals surface area contributed by atoms with Crippen LogP contribution in [0, 0.1) is 5.41 Å². The van der Waals surface area contributed by atoms with Crippen molar-refractivity contribution >= 4 is 17.5 Å². The minimum atomic E-state index is -0.833. The third-order valence-electron chi connectivity index (χ3n) is 5.00. The minimum Gasteiger partial charge on any atom is -0.493 e. The van der Waals surface area contributed by atoms with Crippen LogP contribution in [-0.4, -0.2) is 55.4 Å². The molecule has 4 aromatic rings. The maximum Gasteiger partial charge on any atom is 0.349 e. The number of aliphatic carboxylic acids is 1. The summed E-state index contributed by atoms with van der Waals surface area (Å²) in [5.41, 5.74) is 7.23. The molecule has 0 amide bonds. The Labute approximate surface area is 217 Å². The molecule has 13 heteroatoms. The first-order chi connectivity index (χ1) is 18.2. The highest BCUT2D eigenvalue weighted by atomic mass is 16.5. The monoisotopic (exact) mass is 520 g/mol. The molecule has 0 bridgehead atoms. The summed E-state index contributed by atoms with van der Waals surface area (Å²) in [6, 6.07) is 12.0. The average Bonchev–Trinajstić information content (AvgIpc) is 3.29. The van der Waals surface area contributed by atoms with Crippen molar-refractivity contribution in [1.82, 2.24) is 24.7 Å². The van der Waals surface area contributed by atoms with E-state index in [9.17, 15) is 4.79 Å². The van der Waals surface area contributed by atoms with Gasteiger partial charge in [-0.2, -0.15) is 4.68 Å². The second-order valence-corrected chi connectivity index (χ2v) is 7.72. The van der Waals surface area contributed by atoms with E-state index in [0.717, 1.165) is 22.9 Å². The van der Waals surface area contributed by atoms with E-state index in [4.69, 9.17) is 30.5 Å². The van der Waals surface area contributed by atoms with Crippen molar-refractivity contribution in [3.05, 3.63) is 88.5 Å². The maximum absolute atomic E-state index is 12.7. The maximum atomic E-state index is 12.7. The van der Waals surface area contributed by atoms with Crippen LogP contribution in [0.25, 0.3) is 5.82 Å². The Morgan fingerprint density at radius 2 is 1.92 bits per heavy atom. The van der Waals surface area contributed by atoms with Gasteiger partial charge in [0.15, 0.2) is 23.1 Å². The van der Waals surface area contributed by atoms with Crippen LogP contribution in [0.1, 0.15) is 36.8 Å². The van der Waals surface area contributed by atoms with Crippen LogP contribution in [-0.2, 0) is 4.79 Å². The van der Waals surface area contributed by atoms with Gasteiger partial charge in [0.1, 0.15) is 11.9 Å². The Morgan fingerprint density at radius 1 is 1.21 bits per heavy atom. The molecule has 0 spiro atoms. The van der Waals surface area contributed by atoms with Gasteiger partial charge in [-0.05, 0) is 48.9 Å². The van der Waals surface area contributed by atoms with Gasteiger partial charge in [-0.25, -0.2) is 9.78 Å². The van der Waals surface area contributed by atoms with Gasteiger partial charge in [-0.15, -0.1) is 5.10 Å². The Hall–Kier alpha value is -5.20. The number of nitrogens with zero attached hydrogens (tertiary/aromatic N) is 4. The Bertz CT molecular complexity index is 1430. The summed E-state index contributed by atoms with van der Waals surface area (Å²) in [6.45, 7) is 3.43. The van der Waals surface area contributed by atoms with Gasteiger partial charge < -0.3 is 25.6 Å². The van der Waals surface area contributed by atoms with E-state index in [1.54, 1.807) is 37.4 Å². The van der Waals surface area contributed by atoms with E-state index in [1.807, 2.05) is 19.1 Å². The van der Waals surface area contributed by atoms with E-state index < -0.39 is 17.7 Å². The number of carboxylic acids is 1. The number of carboxylic acid groups (broad SMARTS) is 1. The highest BCUT2D eigenvalue weighted by Crippen LogP contribution is 2.33. The number of rotatable bonds is 9. The lowest BCUT2D eigenvalue weighted by Gasteiger charge is -2.20. The molecule has 0 fully saturated rings. The SMILES string of the molecule is CC(=O)O.CCOc1cc(C(Nc2ccc(C(=N)N)cc2)c2nn(-c3cnccn3)c(=O)[nH]2)ccc1OC. The van der Waals surface area contributed by atoms with Gasteiger partial charge in [0.25, 0.3) is 5.97 Å². The van der Waals surface area contributed by atoms with Gasteiger partial charge in [-0.1, -0.05) is 6.07 Å². The number of nitrogens with one attached hydrogen (secondary N) is 3. The quantitative estimate of drug-likeness (QED) is 0.161. The van der Waals surface area contributed by atoms with Crippen molar-refractivity contribution in [2.24, 2.45) is 5.73 Å². The summed E-state index contributed by atoms with van der Waals surface area (Å²) in [6.07, 6.45) is 4.46. The van der Waals surface area contributed by atoms with Crippen molar-refractivity contribution in [2.45, 2.75) is 19.9 Å². The lowest BCUT2D eigenvalue weighted by Crippen LogP contribution is -2.17. The normalized spacial score (nSPS) is 11.0. The van der Waals surface area contributed by atoms with Gasteiger partial charge in [0, 0.05) is 30.6 Å². The number of methoxy groups -OCH3 is 1. The number of amidine groups is 1. The molecular weight excluding hydrogens is 492 g/mol. The summed E-state index contributed by atoms with van der Waals surface area (Å²) < 4.78 is 12.3. The number of benzene rings is 2. The molecule has 6 N–H and O–H groups in total. The number of aromatic amines is 1. The summed E-state index contributed by atoms with van der Waals surface area (Å²) in [7, 11) is 1.57. The Balaban J connectivity index is 0.000000934. The lowest BCUT2D eigenvalue weighted by atomic mass is 10.0. The summed E-state index contributed by atoms with van der Waals surface area (Å²) >= 11 is 0. The number of hydrogen-bond acceptors (Lipinski definition) is 9. The van der Waals surface area contributed by atoms with E-state index >= 15 is 0 Å². The molecule has 0 aliphatic rings. The van der Waals surface area contributed by atoms with Crippen molar-refractivity contribution in [2.75, 3.05) is 19.0 Å². The third-order valence-corrected chi connectivity index (χ3v) is 5.00. The van der Waals surface area contributed by atoms with Gasteiger partial charge in [0.05, 0.1) is 19.9 Å². The van der Waals surface area contributed by atoms with E-state index in [-0.39, 0.29) is 5.84 Å². The fraction of sp³-hybridized carbons (Fsp3) is 0.200. The fourth-order valence-electron chi connectivity index (χ4n) is 3.39.